The Labute approximate surface area is 111 Å². The van der Waals surface area contributed by atoms with Crippen molar-refractivity contribution in [2.24, 2.45) is 0 Å². The second-order valence-corrected chi connectivity index (χ2v) is 4.76. The predicted molar refractivity (Wildman–Crippen MR) is 74.1 cm³/mol. The Morgan fingerprint density at radius 3 is 2.42 bits per heavy atom. The number of hydrogen-bond donors (Lipinski definition) is 3. The van der Waals surface area contributed by atoms with Gasteiger partial charge >= 0.3 is 0 Å². The summed E-state index contributed by atoms with van der Waals surface area (Å²) in [6, 6.07) is 10.2. The molecule has 2 aromatic carbocycles. The molecule has 3 nitrogen and oxygen atoms in total. The van der Waals surface area contributed by atoms with E-state index in [2.05, 4.69) is 6.08 Å². The molecule has 1 aliphatic rings. The quantitative estimate of drug-likeness (QED) is 0.684. The summed E-state index contributed by atoms with van der Waals surface area (Å²) in [6.45, 7) is 0. The van der Waals surface area contributed by atoms with Crippen molar-refractivity contribution in [2.75, 3.05) is 0 Å². The second-order valence-electron chi connectivity index (χ2n) is 4.76. The van der Waals surface area contributed by atoms with Crippen LogP contribution in [-0.4, -0.2) is 15.3 Å². The number of phenols is 3. The Balaban J connectivity index is 2.03. The summed E-state index contributed by atoms with van der Waals surface area (Å²) in [7, 11) is 0. The van der Waals surface area contributed by atoms with E-state index >= 15 is 0 Å². The average Bonchev–Trinajstić information content (AvgIpc) is 2.41. The molecule has 1 aliphatic carbocycles. The smallest absolute Gasteiger partial charge is 0.157 e. The van der Waals surface area contributed by atoms with E-state index in [1.807, 2.05) is 6.07 Å². The molecule has 0 saturated carbocycles. The van der Waals surface area contributed by atoms with E-state index in [1.165, 1.54) is 6.07 Å². The first-order valence-electron chi connectivity index (χ1n) is 6.18. The van der Waals surface area contributed by atoms with E-state index in [4.69, 9.17) is 0 Å². The van der Waals surface area contributed by atoms with E-state index in [1.54, 1.807) is 24.3 Å². The molecular formula is C16H14O3. The Kier molecular flexibility index (Phi) is 2.67. The highest BCUT2D eigenvalue weighted by Crippen LogP contribution is 2.35. The standard InChI is InChI=1S/C16H14O3/c17-14-5-3-11-7-10(1-2-12(11)8-14)13-4-6-15(18)16(19)9-13/h3-9,17-19H,1-2H2. The van der Waals surface area contributed by atoms with Crippen molar-refractivity contribution in [1.29, 1.82) is 0 Å². The van der Waals surface area contributed by atoms with Gasteiger partial charge in [0.05, 0.1) is 0 Å². The van der Waals surface area contributed by atoms with Crippen molar-refractivity contribution in [2.45, 2.75) is 12.8 Å². The minimum Gasteiger partial charge on any atom is -0.508 e. The maximum atomic E-state index is 9.55. The fraction of sp³-hybridized carbons (Fsp3) is 0.125. The van der Waals surface area contributed by atoms with Gasteiger partial charge in [0.1, 0.15) is 5.75 Å². The van der Waals surface area contributed by atoms with Crippen molar-refractivity contribution in [3.05, 3.63) is 53.1 Å². The van der Waals surface area contributed by atoms with E-state index in [0.717, 1.165) is 35.1 Å². The summed E-state index contributed by atoms with van der Waals surface area (Å²) in [6.07, 6.45) is 3.77. The largest absolute Gasteiger partial charge is 0.508 e. The lowest BCUT2D eigenvalue weighted by molar-refractivity contribution is 0.403. The lowest BCUT2D eigenvalue weighted by Gasteiger charge is -2.17. The van der Waals surface area contributed by atoms with Gasteiger partial charge in [-0.05, 0) is 59.4 Å². The van der Waals surface area contributed by atoms with Crippen LogP contribution in [0.1, 0.15) is 23.1 Å². The van der Waals surface area contributed by atoms with Crippen LogP contribution < -0.4 is 0 Å². The van der Waals surface area contributed by atoms with Crippen molar-refractivity contribution < 1.29 is 15.3 Å². The molecular weight excluding hydrogens is 240 g/mol. The molecule has 0 unspecified atom stereocenters. The molecule has 3 N–H and O–H groups in total. The van der Waals surface area contributed by atoms with Gasteiger partial charge in [0, 0.05) is 0 Å². The van der Waals surface area contributed by atoms with Gasteiger partial charge in [0.25, 0.3) is 0 Å². The van der Waals surface area contributed by atoms with Gasteiger partial charge in [-0.2, -0.15) is 0 Å². The normalized spacial score (nSPS) is 13.8. The Morgan fingerprint density at radius 2 is 1.63 bits per heavy atom. The van der Waals surface area contributed by atoms with Crippen LogP contribution in [0.5, 0.6) is 17.2 Å². The van der Waals surface area contributed by atoms with Gasteiger partial charge in [-0.25, -0.2) is 0 Å². The number of aryl methyl sites for hydroxylation is 1. The van der Waals surface area contributed by atoms with Gasteiger partial charge < -0.3 is 15.3 Å². The molecule has 0 heterocycles. The second kappa shape index (κ2) is 4.35. The number of phenolic OH excluding ortho intramolecular Hbond substituents is 3. The molecule has 2 aromatic rings. The lowest BCUT2D eigenvalue weighted by Crippen LogP contribution is -1.98. The van der Waals surface area contributed by atoms with Gasteiger partial charge in [0.2, 0.25) is 0 Å². The summed E-state index contributed by atoms with van der Waals surface area (Å²) in [5, 5.41) is 28.3. The summed E-state index contributed by atoms with van der Waals surface area (Å²) in [5.74, 6) is 0.0817. The minimum atomic E-state index is -0.106. The first kappa shape index (κ1) is 11.7. The zero-order chi connectivity index (χ0) is 13.4. The molecule has 0 amide bonds. The number of fused-ring (bicyclic) bond motifs is 1. The van der Waals surface area contributed by atoms with Gasteiger partial charge in [-0.1, -0.05) is 18.2 Å². The number of aromatic hydroxyl groups is 3. The highest BCUT2D eigenvalue weighted by molar-refractivity contribution is 5.85. The van der Waals surface area contributed by atoms with Crippen LogP contribution in [0.3, 0.4) is 0 Å². The van der Waals surface area contributed by atoms with Crippen LogP contribution in [0.15, 0.2) is 36.4 Å². The third kappa shape index (κ3) is 2.15. The molecule has 0 saturated heterocycles. The molecule has 0 bridgehead atoms. The summed E-state index contributed by atoms with van der Waals surface area (Å²) >= 11 is 0. The molecule has 19 heavy (non-hydrogen) atoms. The topological polar surface area (TPSA) is 60.7 Å². The zero-order valence-electron chi connectivity index (χ0n) is 10.3. The Bertz CT molecular complexity index is 672. The van der Waals surface area contributed by atoms with Crippen molar-refractivity contribution in [3.8, 4) is 17.2 Å². The number of benzene rings is 2. The summed E-state index contributed by atoms with van der Waals surface area (Å²) < 4.78 is 0. The maximum Gasteiger partial charge on any atom is 0.157 e. The monoisotopic (exact) mass is 254 g/mol. The third-order valence-corrected chi connectivity index (χ3v) is 3.47. The van der Waals surface area contributed by atoms with Gasteiger partial charge in [-0.3, -0.25) is 0 Å². The van der Waals surface area contributed by atoms with Gasteiger partial charge in [-0.15, -0.1) is 0 Å². The fourth-order valence-corrected chi connectivity index (χ4v) is 2.43. The molecule has 96 valence electrons. The Hall–Kier alpha value is -2.42. The molecule has 0 fully saturated rings. The lowest BCUT2D eigenvalue weighted by atomic mass is 9.88. The number of hydrogen-bond acceptors (Lipinski definition) is 3. The SMILES string of the molecule is Oc1ccc2c(c1)CCC(c1ccc(O)c(O)c1)=C2. The van der Waals surface area contributed by atoms with E-state index in [0.29, 0.717) is 0 Å². The predicted octanol–water partition coefficient (Wildman–Crippen LogP) is 3.29. The summed E-state index contributed by atoms with van der Waals surface area (Å²) in [4.78, 5) is 0. The summed E-state index contributed by atoms with van der Waals surface area (Å²) in [5.41, 5.74) is 4.25. The number of rotatable bonds is 1. The Morgan fingerprint density at radius 1 is 0.789 bits per heavy atom. The highest BCUT2D eigenvalue weighted by atomic mass is 16.3. The van der Waals surface area contributed by atoms with Crippen LogP contribution in [0.2, 0.25) is 0 Å². The van der Waals surface area contributed by atoms with E-state index in [-0.39, 0.29) is 17.2 Å². The van der Waals surface area contributed by atoms with Crippen molar-refractivity contribution >= 4 is 11.6 Å². The van der Waals surface area contributed by atoms with Crippen LogP contribution >= 0.6 is 0 Å². The molecule has 0 aromatic heterocycles. The minimum absolute atomic E-state index is 0.102. The van der Waals surface area contributed by atoms with Crippen molar-refractivity contribution in [3.63, 3.8) is 0 Å². The van der Waals surface area contributed by atoms with Crippen LogP contribution in [0, 0.1) is 0 Å². The van der Waals surface area contributed by atoms with E-state index < -0.39 is 0 Å². The van der Waals surface area contributed by atoms with Crippen molar-refractivity contribution in [1.82, 2.24) is 0 Å². The molecule has 0 aliphatic heterocycles. The molecule has 3 rings (SSSR count). The number of allylic oxidation sites excluding steroid dienone is 1. The zero-order valence-corrected chi connectivity index (χ0v) is 10.3. The maximum absolute atomic E-state index is 9.55. The first-order valence-corrected chi connectivity index (χ1v) is 6.18. The van der Waals surface area contributed by atoms with Crippen LogP contribution in [-0.2, 0) is 6.42 Å². The van der Waals surface area contributed by atoms with Gasteiger partial charge in [0.15, 0.2) is 11.5 Å². The molecule has 3 heteroatoms. The molecule has 0 atom stereocenters. The fourth-order valence-electron chi connectivity index (χ4n) is 2.43. The average molecular weight is 254 g/mol. The van der Waals surface area contributed by atoms with E-state index in [9.17, 15) is 15.3 Å². The van der Waals surface area contributed by atoms with Crippen LogP contribution in [0.4, 0.5) is 0 Å². The third-order valence-electron chi connectivity index (χ3n) is 3.47. The molecule has 0 spiro atoms. The first-order chi connectivity index (χ1) is 9.13. The molecule has 0 radical (unpaired) electrons. The highest BCUT2D eigenvalue weighted by Gasteiger charge is 2.13. The van der Waals surface area contributed by atoms with Crippen LogP contribution in [0.25, 0.3) is 11.6 Å².